The normalized spacial score (nSPS) is 9.08. The van der Waals surface area contributed by atoms with Crippen LogP contribution < -0.4 is 0 Å². The lowest BCUT2D eigenvalue weighted by atomic mass is 10.3. The van der Waals surface area contributed by atoms with Crippen LogP contribution in [0, 0.1) is 0 Å². The fourth-order valence-electron chi connectivity index (χ4n) is 0.901. The van der Waals surface area contributed by atoms with Crippen molar-refractivity contribution in [3.63, 3.8) is 0 Å². The third kappa shape index (κ3) is 1.90. The highest BCUT2D eigenvalue weighted by atomic mass is 16.5. The van der Waals surface area contributed by atoms with Crippen LogP contribution in [0.4, 0.5) is 0 Å². The summed E-state index contributed by atoms with van der Waals surface area (Å²) in [6, 6.07) is 5.17. The van der Waals surface area contributed by atoms with Crippen LogP contribution in [0.2, 0.25) is 0 Å². The molecule has 13 heavy (non-hydrogen) atoms. The molecular weight excluding hydrogens is 168 g/mol. The van der Waals surface area contributed by atoms with E-state index in [9.17, 15) is 0 Å². The van der Waals surface area contributed by atoms with Gasteiger partial charge in [-0.3, -0.25) is 0 Å². The van der Waals surface area contributed by atoms with E-state index in [1.165, 1.54) is 6.20 Å². The second-order valence-corrected chi connectivity index (χ2v) is 2.08. The Labute approximate surface area is 76.4 Å². The predicted molar refractivity (Wildman–Crippen MR) is 48.5 cm³/mol. The standard InChI is InChI=1S/C7H6N2O2.C2H6/c10-9-6(3-4-8-9)7-2-1-5-11-7;1-2/h1-5,10H;1-2H3. The monoisotopic (exact) mass is 180 g/mol. The van der Waals surface area contributed by atoms with Crippen molar-refractivity contribution >= 4 is 0 Å². The number of hydrogen-bond acceptors (Lipinski definition) is 3. The van der Waals surface area contributed by atoms with E-state index in [-0.39, 0.29) is 0 Å². The Hall–Kier alpha value is -1.71. The van der Waals surface area contributed by atoms with Crippen molar-refractivity contribution in [2.24, 2.45) is 0 Å². The molecule has 0 saturated carbocycles. The van der Waals surface area contributed by atoms with E-state index in [1.807, 2.05) is 13.8 Å². The van der Waals surface area contributed by atoms with Crippen LogP contribution >= 0.6 is 0 Å². The Morgan fingerprint density at radius 3 is 2.62 bits per heavy atom. The van der Waals surface area contributed by atoms with E-state index in [0.29, 0.717) is 11.5 Å². The molecule has 2 rings (SSSR count). The molecule has 0 amide bonds. The first-order chi connectivity index (χ1) is 6.38. The molecule has 0 bridgehead atoms. The van der Waals surface area contributed by atoms with Gasteiger partial charge in [-0.05, 0) is 18.2 Å². The molecule has 0 aliphatic rings. The van der Waals surface area contributed by atoms with E-state index >= 15 is 0 Å². The van der Waals surface area contributed by atoms with E-state index in [0.717, 1.165) is 4.85 Å². The van der Waals surface area contributed by atoms with Crippen molar-refractivity contribution in [3.05, 3.63) is 30.7 Å². The van der Waals surface area contributed by atoms with Gasteiger partial charge in [-0.25, -0.2) is 0 Å². The number of hydrogen-bond donors (Lipinski definition) is 1. The summed E-state index contributed by atoms with van der Waals surface area (Å²) in [6.07, 6.45) is 3.04. The summed E-state index contributed by atoms with van der Waals surface area (Å²) in [5.74, 6) is 0.602. The van der Waals surface area contributed by atoms with E-state index in [2.05, 4.69) is 5.10 Å². The van der Waals surface area contributed by atoms with Crippen LogP contribution in [-0.4, -0.2) is 15.2 Å². The Bertz CT molecular complexity index is 338. The molecule has 4 heteroatoms. The number of aromatic nitrogens is 2. The van der Waals surface area contributed by atoms with Crippen molar-refractivity contribution in [1.29, 1.82) is 0 Å². The van der Waals surface area contributed by atoms with Crippen molar-refractivity contribution in [1.82, 2.24) is 9.94 Å². The lowest BCUT2D eigenvalue weighted by Crippen LogP contribution is -1.93. The molecule has 2 aromatic rings. The van der Waals surface area contributed by atoms with Crippen LogP contribution in [-0.2, 0) is 0 Å². The van der Waals surface area contributed by atoms with Crippen LogP contribution in [0.1, 0.15) is 13.8 Å². The zero-order valence-corrected chi connectivity index (χ0v) is 7.64. The third-order valence-corrected chi connectivity index (χ3v) is 1.40. The van der Waals surface area contributed by atoms with E-state index in [4.69, 9.17) is 9.62 Å². The summed E-state index contributed by atoms with van der Waals surface area (Å²) < 4.78 is 5.04. The first-order valence-corrected chi connectivity index (χ1v) is 4.15. The van der Waals surface area contributed by atoms with Gasteiger partial charge in [0.2, 0.25) is 0 Å². The molecule has 4 nitrogen and oxygen atoms in total. The van der Waals surface area contributed by atoms with Crippen LogP contribution in [0.15, 0.2) is 35.1 Å². The van der Waals surface area contributed by atoms with Gasteiger partial charge in [0.1, 0.15) is 5.69 Å². The summed E-state index contributed by atoms with van der Waals surface area (Å²) in [6.45, 7) is 4.00. The van der Waals surface area contributed by atoms with E-state index < -0.39 is 0 Å². The summed E-state index contributed by atoms with van der Waals surface area (Å²) in [5.41, 5.74) is 0.551. The average molecular weight is 180 g/mol. The molecule has 0 aliphatic heterocycles. The summed E-state index contributed by atoms with van der Waals surface area (Å²) in [5, 5.41) is 12.7. The fourth-order valence-corrected chi connectivity index (χ4v) is 0.901. The topological polar surface area (TPSA) is 51.2 Å². The molecule has 0 radical (unpaired) electrons. The van der Waals surface area contributed by atoms with Gasteiger partial charge in [0.05, 0.1) is 12.5 Å². The quantitative estimate of drug-likeness (QED) is 0.685. The minimum Gasteiger partial charge on any atom is -0.463 e. The van der Waals surface area contributed by atoms with E-state index in [1.54, 1.807) is 24.5 Å². The van der Waals surface area contributed by atoms with Gasteiger partial charge in [0, 0.05) is 0 Å². The summed E-state index contributed by atoms with van der Waals surface area (Å²) in [7, 11) is 0. The average Bonchev–Trinajstić information content (AvgIpc) is 2.77. The minimum atomic E-state index is 0.551. The molecule has 0 saturated heterocycles. The second kappa shape index (κ2) is 4.35. The highest BCUT2D eigenvalue weighted by Gasteiger charge is 2.05. The molecule has 0 unspecified atom stereocenters. The largest absolute Gasteiger partial charge is 0.463 e. The maximum Gasteiger partial charge on any atom is 0.155 e. The first kappa shape index (κ1) is 9.38. The second-order valence-electron chi connectivity index (χ2n) is 2.08. The van der Waals surface area contributed by atoms with Crippen molar-refractivity contribution in [2.75, 3.05) is 0 Å². The Morgan fingerprint density at radius 1 is 1.38 bits per heavy atom. The Morgan fingerprint density at radius 2 is 2.15 bits per heavy atom. The summed E-state index contributed by atoms with van der Waals surface area (Å²) >= 11 is 0. The molecule has 0 aliphatic carbocycles. The highest BCUT2D eigenvalue weighted by Crippen LogP contribution is 2.17. The molecule has 0 fully saturated rings. The molecule has 0 spiro atoms. The number of rotatable bonds is 1. The van der Waals surface area contributed by atoms with Crippen LogP contribution in [0.25, 0.3) is 11.5 Å². The highest BCUT2D eigenvalue weighted by molar-refractivity contribution is 5.50. The third-order valence-electron chi connectivity index (χ3n) is 1.40. The first-order valence-electron chi connectivity index (χ1n) is 4.15. The predicted octanol–water partition coefficient (Wildman–Crippen LogP) is 2.41. The van der Waals surface area contributed by atoms with Gasteiger partial charge in [0.15, 0.2) is 5.76 Å². The zero-order valence-electron chi connectivity index (χ0n) is 7.64. The number of furan rings is 1. The lowest BCUT2D eigenvalue weighted by Gasteiger charge is -1.93. The molecular formula is C9H12N2O2. The zero-order chi connectivity index (χ0) is 9.68. The Kier molecular flexibility index (Phi) is 3.14. The van der Waals surface area contributed by atoms with Gasteiger partial charge in [0.25, 0.3) is 0 Å². The van der Waals surface area contributed by atoms with Gasteiger partial charge in [-0.15, -0.1) is 5.10 Å². The van der Waals surface area contributed by atoms with Crippen LogP contribution in [0.5, 0.6) is 0 Å². The minimum absolute atomic E-state index is 0.551. The van der Waals surface area contributed by atoms with Crippen LogP contribution in [0.3, 0.4) is 0 Å². The van der Waals surface area contributed by atoms with Gasteiger partial charge >= 0.3 is 0 Å². The number of nitrogens with zero attached hydrogens (tertiary/aromatic N) is 2. The van der Waals surface area contributed by atoms with Crippen molar-refractivity contribution in [2.45, 2.75) is 13.8 Å². The van der Waals surface area contributed by atoms with Gasteiger partial charge in [-0.2, -0.15) is 0 Å². The maximum atomic E-state index is 9.07. The lowest BCUT2D eigenvalue weighted by molar-refractivity contribution is 0.152. The fraction of sp³-hybridized carbons (Fsp3) is 0.222. The molecule has 1 N–H and O–H groups in total. The van der Waals surface area contributed by atoms with Crippen molar-refractivity contribution in [3.8, 4) is 11.5 Å². The molecule has 70 valence electrons. The SMILES string of the molecule is CC.On1nccc1-c1ccco1. The molecule has 0 aromatic carbocycles. The maximum absolute atomic E-state index is 9.07. The van der Waals surface area contributed by atoms with Gasteiger partial charge in [-0.1, -0.05) is 18.7 Å². The van der Waals surface area contributed by atoms with Crippen molar-refractivity contribution < 1.29 is 9.62 Å². The van der Waals surface area contributed by atoms with Gasteiger partial charge < -0.3 is 9.62 Å². The molecule has 0 atom stereocenters. The Balaban J connectivity index is 0.000000396. The molecule has 2 aromatic heterocycles. The summed E-state index contributed by atoms with van der Waals surface area (Å²) in [4.78, 5) is 0.777. The molecule has 2 heterocycles. The smallest absolute Gasteiger partial charge is 0.155 e.